The van der Waals surface area contributed by atoms with Crippen LogP contribution in [-0.4, -0.2) is 31.1 Å². The minimum Gasteiger partial charge on any atom is -0.497 e. The van der Waals surface area contributed by atoms with Gasteiger partial charge in [0.25, 0.3) is 5.91 Å². The summed E-state index contributed by atoms with van der Waals surface area (Å²) in [5, 5.41) is 3.74. The van der Waals surface area contributed by atoms with Crippen molar-refractivity contribution in [2.45, 2.75) is 13.8 Å². The standard InChI is InChI=1S/C18H22N2O2/c1-4-19(5-2)20(16-11-13-17(22-3)14-12-16)18(21)15-9-7-6-8-10-15/h6-14H,4-5H2,1-3H3. The highest BCUT2D eigenvalue weighted by Gasteiger charge is 2.22. The zero-order valence-corrected chi connectivity index (χ0v) is 13.3. The van der Waals surface area contributed by atoms with Crippen molar-refractivity contribution in [2.24, 2.45) is 0 Å². The molecule has 2 aromatic rings. The molecule has 2 aromatic carbocycles. The van der Waals surface area contributed by atoms with E-state index in [2.05, 4.69) is 0 Å². The molecule has 0 aromatic heterocycles. The van der Waals surface area contributed by atoms with Gasteiger partial charge in [-0.1, -0.05) is 32.0 Å². The Bertz CT molecular complexity index is 592. The van der Waals surface area contributed by atoms with E-state index in [-0.39, 0.29) is 5.91 Å². The predicted octanol–water partition coefficient (Wildman–Crippen LogP) is 3.60. The average Bonchev–Trinajstić information content (AvgIpc) is 2.60. The van der Waals surface area contributed by atoms with E-state index < -0.39 is 0 Å². The Morgan fingerprint density at radius 2 is 1.55 bits per heavy atom. The first-order valence-corrected chi connectivity index (χ1v) is 7.49. The molecular weight excluding hydrogens is 276 g/mol. The van der Waals surface area contributed by atoms with Gasteiger partial charge in [0.05, 0.1) is 12.8 Å². The number of hydrogen-bond donors (Lipinski definition) is 0. The second kappa shape index (κ2) is 7.61. The summed E-state index contributed by atoms with van der Waals surface area (Å²) < 4.78 is 5.19. The third kappa shape index (κ3) is 3.46. The largest absolute Gasteiger partial charge is 0.497 e. The van der Waals surface area contributed by atoms with Gasteiger partial charge >= 0.3 is 0 Å². The zero-order chi connectivity index (χ0) is 15.9. The lowest BCUT2D eigenvalue weighted by Crippen LogP contribution is -2.46. The first-order chi connectivity index (χ1) is 10.7. The number of methoxy groups -OCH3 is 1. The molecule has 0 radical (unpaired) electrons. The van der Waals surface area contributed by atoms with Gasteiger partial charge in [-0.15, -0.1) is 0 Å². The molecule has 0 unspecified atom stereocenters. The Labute approximate surface area is 131 Å². The number of rotatable bonds is 6. The fourth-order valence-electron chi connectivity index (χ4n) is 2.34. The van der Waals surface area contributed by atoms with Crippen molar-refractivity contribution in [3.8, 4) is 5.75 Å². The van der Waals surface area contributed by atoms with Crippen molar-refractivity contribution in [3.63, 3.8) is 0 Å². The fraction of sp³-hybridized carbons (Fsp3) is 0.278. The molecule has 1 amide bonds. The van der Waals surface area contributed by atoms with Crippen LogP contribution < -0.4 is 9.75 Å². The van der Waals surface area contributed by atoms with Gasteiger partial charge in [-0.3, -0.25) is 4.79 Å². The monoisotopic (exact) mass is 298 g/mol. The average molecular weight is 298 g/mol. The number of amides is 1. The minimum atomic E-state index is -0.0329. The Kier molecular flexibility index (Phi) is 5.55. The molecule has 0 N–H and O–H groups in total. The van der Waals surface area contributed by atoms with Crippen molar-refractivity contribution in [3.05, 3.63) is 60.2 Å². The summed E-state index contributed by atoms with van der Waals surface area (Å²) >= 11 is 0. The lowest BCUT2D eigenvalue weighted by molar-refractivity contribution is 0.0902. The number of hydrogen-bond acceptors (Lipinski definition) is 3. The Morgan fingerprint density at radius 1 is 0.955 bits per heavy atom. The third-order valence-corrected chi connectivity index (χ3v) is 3.54. The highest BCUT2D eigenvalue weighted by molar-refractivity contribution is 6.05. The molecule has 0 heterocycles. The van der Waals surface area contributed by atoms with Crippen LogP contribution in [0, 0.1) is 0 Å². The van der Waals surface area contributed by atoms with E-state index in [1.165, 1.54) is 0 Å². The van der Waals surface area contributed by atoms with E-state index in [1.807, 2.05) is 73.5 Å². The summed E-state index contributed by atoms with van der Waals surface area (Å²) in [6, 6.07) is 16.9. The number of nitrogens with zero attached hydrogens (tertiary/aromatic N) is 2. The second-order valence-electron chi connectivity index (χ2n) is 4.82. The van der Waals surface area contributed by atoms with Gasteiger partial charge < -0.3 is 4.74 Å². The lowest BCUT2D eigenvalue weighted by Gasteiger charge is -2.33. The van der Waals surface area contributed by atoms with Crippen LogP contribution in [0.15, 0.2) is 54.6 Å². The summed E-state index contributed by atoms with van der Waals surface area (Å²) in [5.74, 6) is 0.741. The van der Waals surface area contributed by atoms with Gasteiger partial charge in [0.1, 0.15) is 5.75 Å². The Morgan fingerprint density at radius 3 is 2.05 bits per heavy atom. The van der Waals surface area contributed by atoms with E-state index in [1.54, 1.807) is 12.1 Å². The van der Waals surface area contributed by atoms with E-state index in [0.717, 1.165) is 24.5 Å². The first-order valence-electron chi connectivity index (χ1n) is 7.49. The molecular formula is C18H22N2O2. The third-order valence-electron chi connectivity index (χ3n) is 3.54. The molecule has 0 atom stereocenters. The molecule has 0 aliphatic carbocycles. The number of benzene rings is 2. The lowest BCUT2D eigenvalue weighted by atomic mass is 10.2. The van der Waals surface area contributed by atoms with Crippen LogP contribution in [0.5, 0.6) is 5.75 Å². The zero-order valence-electron chi connectivity index (χ0n) is 13.3. The molecule has 2 rings (SSSR count). The maximum Gasteiger partial charge on any atom is 0.272 e. The van der Waals surface area contributed by atoms with Crippen LogP contribution in [0.3, 0.4) is 0 Å². The van der Waals surface area contributed by atoms with E-state index >= 15 is 0 Å². The van der Waals surface area contributed by atoms with Crippen LogP contribution in [0.2, 0.25) is 0 Å². The predicted molar refractivity (Wildman–Crippen MR) is 89.2 cm³/mol. The van der Waals surface area contributed by atoms with E-state index in [0.29, 0.717) is 5.56 Å². The fourth-order valence-corrected chi connectivity index (χ4v) is 2.34. The molecule has 0 bridgehead atoms. The SMILES string of the molecule is CCN(CC)N(C(=O)c1ccccc1)c1ccc(OC)cc1. The molecule has 4 heteroatoms. The van der Waals surface area contributed by atoms with Gasteiger partial charge in [-0.25, -0.2) is 10.0 Å². The molecule has 0 aliphatic rings. The van der Waals surface area contributed by atoms with E-state index in [9.17, 15) is 4.79 Å². The Hall–Kier alpha value is -2.33. The summed E-state index contributed by atoms with van der Waals surface area (Å²) in [7, 11) is 1.63. The Balaban J connectivity index is 2.39. The molecule has 0 aliphatic heterocycles. The van der Waals surface area contributed by atoms with Crippen LogP contribution >= 0.6 is 0 Å². The second-order valence-corrected chi connectivity index (χ2v) is 4.82. The molecule has 0 fully saturated rings. The molecule has 0 saturated heterocycles. The maximum absolute atomic E-state index is 12.9. The summed E-state index contributed by atoms with van der Waals surface area (Å²) in [4.78, 5) is 12.9. The number of ether oxygens (including phenoxy) is 1. The summed E-state index contributed by atoms with van der Waals surface area (Å²) in [6.45, 7) is 5.58. The van der Waals surface area contributed by atoms with Crippen LogP contribution in [-0.2, 0) is 0 Å². The molecule has 0 spiro atoms. The highest BCUT2D eigenvalue weighted by Crippen LogP contribution is 2.23. The maximum atomic E-state index is 12.9. The molecule has 4 nitrogen and oxygen atoms in total. The summed E-state index contributed by atoms with van der Waals surface area (Å²) in [5.41, 5.74) is 1.50. The van der Waals surface area contributed by atoms with Crippen LogP contribution in [0.25, 0.3) is 0 Å². The molecule has 0 saturated carbocycles. The smallest absolute Gasteiger partial charge is 0.272 e. The van der Waals surface area contributed by atoms with Crippen molar-refractivity contribution < 1.29 is 9.53 Å². The normalized spacial score (nSPS) is 10.5. The van der Waals surface area contributed by atoms with Crippen molar-refractivity contribution in [2.75, 3.05) is 25.2 Å². The first kappa shape index (κ1) is 16.0. The van der Waals surface area contributed by atoms with Gasteiger partial charge in [-0.2, -0.15) is 0 Å². The molecule has 116 valence electrons. The van der Waals surface area contributed by atoms with Gasteiger partial charge in [0.15, 0.2) is 0 Å². The topological polar surface area (TPSA) is 32.8 Å². The van der Waals surface area contributed by atoms with Crippen molar-refractivity contribution in [1.29, 1.82) is 0 Å². The number of carbonyl (C=O) groups is 1. The number of anilines is 1. The number of carbonyl (C=O) groups excluding carboxylic acids is 1. The number of hydrazine groups is 1. The van der Waals surface area contributed by atoms with Crippen LogP contribution in [0.4, 0.5) is 5.69 Å². The highest BCUT2D eigenvalue weighted by atomic mass is 16.5. The molecule has 22 heavy (non-hydrogen) atoms. The van der Waals surface area contributed by atoms with Crippen molar-refractivity contribution in [1.82, 2.24) is 5.01 Å². The van der Waals surface area contributed by atoms with Gasteiger partial charge in [0, 0.05) is 18.7 Å². The van der Waals surface area contributed by atoms with Crippen LogP contribution in [0.1, 0.15) is 24.2 Å². The van der Waals surface area contributed by atoms with E-state index in [4.69, 9.17) is 4.74 Å². The van der Waals surface area contributed by atoms with Gasteiger partial charge in [0.2, 0.25) is 0 Å². The minimum absolute atomic E-state index is 0.0329. The van der Waals surface area contributed by atoms with Crippen molar-refractivity contribution >= 4 is 11.6 Å². The van der Waals surface area contributed by atoms with Gasteiger partial charge in [-0.05, 0) is 36.4 Å². The quantitative estimate of drug-likeness (QED) is 0.764. The summed E-state index contributed by atoms with van der Waals surface area (Å²) in [6.07, 6.45) is 0.